The predicted molar refractivity (Wildman–Crippen MR) is 99.2 cm³/mol. The van der Waals surface area contributed by atoms with Crippen molar-refractivity contribution in [2.75, 3.05) is 32.1 Å². The lowest BCUT2D eigenvalue weighted by molar-refractivity contribution is -0.135. The van der Waals surface area contributed by atoms with Crippen molar-refractivity contribution in [1.29, 1.82) is 0 Å². The third kappa shape index (κ3) is 4.08. The van der Waals surface area contributed by atoms with Crippen LogP contribution in [0.25, 0.3) is 0 Å². The Kier molecular flexibility index (Phi) is 6.68. The highest BCUT2D eigenvalue weighted by atomic mass is 35.5. The number of nitrogens with zero attached hydrogens (tertiary/aromatic N) is 1. The average molecular weight is 388 g/mol. The number of carbonyl (C=O) groups excluding carboxylic acids is 2. The number of rotatable bonds is 4. The lowest BCUT2D eigenvalue weighted by Crippen LogP contribution is -2.49. The average Bonchev–Trinajstić information content (AvgIpc) is 2.89. The number of amides is 2. The topological polar surface area (TPSA) is 84.7 Å². The second-order valence-electron chi connectivity index (χ2n) is 6.42. The minimum absolute atomic E-state index is 0. The minimum Gasteiger partial charge on any atom is -0.383 e. The number of carbonyl (C=O) groups is 2. The summed E-state index contributed by atoms with van der Waals surface area (Å²) in [5.74, 6) is -0.0104. The summed E-state index contributed by atoms with van der Waals surface area (Å²) in [5, 5.41) is 3.53. The van der Waals surface area contributed by atoms with Crippen LogP contribution in [0.3, 0.4) is 0 Å². The van der Waals surface area contributed by atoms with Crippen LogP contribution in [0.2, 0.25) is 5.02 Å². The molecule has 25 heavy (non-hydrogen) atoms. The molecule has 138 valence electrons. The summed E-state index contributed by atoms with van der Waals surface area (Å²) in [6, 6.07) is 4.91. The standard InChI is InChI=1S/C17H22ClN3O3.ClH/c1-24-9-13(19)17(23)21-6-4-10(5-7-21)15-12-3-2-11(18)8-14(12)20-16(15)22;/h2-3,8,10,13,15H,4-7,9,19H2,1H3,(H,20,22);1H. The number of nitrogens with one attached hydrogen (secondary N) is 1. The molecule has 1 aromatic carbocycles. The molecule has 3 N–H and O–H groups in total. The predicted octanol–water partition coefficient (Wildman–Crippen LogP) is 2.01. The zero-order valence-electron chi connectivity index (χ0n) is 14.0. The molecule has 0 bridgehead atoms. The maximum atomic E-state index is 12.4. The number of likely N-dealkylation sites (tertiary alicyclic amines) is 1. The Labute approximate surface area is 158 Å². The van der Waals surface area contributed by atoms with Gasteiger partial charge in [-0.2, -0.15) is 0 Å². The van der Waals surface area contributed by atoms with Crippen LogP contribution in [0.1, 0.15) is 24.3 Å². The highest BCUT2D eigenvalue weighted by Crippen LogP contribution is 2.42. The third-order valence-electron chi connectivity index (χ3n) is 4.88. The molecule has 2 aliphatic rings. The molecule has 6 nitrogen and oxygen atoms in total. The van der Waals surface area contributed by atoms with Gasteiger partial charge in [0.05, 0.1) is 12.5 Å². The normalized spacial score (nSPS) is 21.3. The van der Waals surface area contributed by atoms with E-state index in [0.29, 0.717) is 18.1 Å². The number of anilines is 1. The first-order valence-electron chi connectivity index (χ1n) is 8.15. The van der Waals surface area contributed by atoms with Gasteiger partial charge in [-0.3, -0.25) is 9.59 Å². The Bertz CT molecular complexity index is 648. The van der Waals surface area contributed by atoms with Crippen molar-refractivity contribution in [1.82, 2.24) is 4.90 Å². The van der Waals surface area contributed by atoms with Gasteiger partial charge in [0, 0.05) is 30.9 Å². The number of ether oxygens (including phenoxy) is 1. The fourth-order valence-electron chi connectivity index (χ4n) is 3.67. The number of nitrogens with two attached hydrogens (primary N) is 1. The molecule has 8 heteroatoms. The van der Waals surface area contributed by atoms with Gasteiger partial charge in [-0.05, 0) is 36.5 Å². The number of hydrogen-bond donors (Lipinski definition) is 2. The quantitative estimate of drug-likeness (QED) is 0.827. The van der Waals surface area contributed by atoms with Crippen LogP contribution in [-0.2, 0) is 14.3 Å². The van der Waals surface area contributed by atoms with E-state index in [1.54, 1.807) is 11.0 Å². The van der Waals surface area contributed by atoms with E-state index in [9.17, 15) is 9.59 Å². The first kappa shape index (κ1) is 20.0. The Morgan fingerprint density at radius 1 is 1.44 bits per heavy atom. The van der Waals surface area contributed by atoms with Crippen LogP contribution in [0.5, 0.6) is 0 Å². The summed E-state index contributed by atoms with van der Waals surface area (Å²) in [7, 11) is 1.53. The summed E-state index contributed by atoms with van der Waals surface area (Å²) < 4.78 is 4.94. The first-order valence-corrected chi connectivity index (χ1v) is 8.52. The van der Waals surface area contributed by atoms with Crippen molar-refractivity contribution in [2.45, 2.75) is 24.8 Å². The highest BCUT2D eigenvalue weighted by Gasteiger charge is 2.39. The minimum atomic E-state index is -0.621. The van der Waals surface area contributed by atoms with E-state index >= 15 is 0 Å². The third-order valence-corrected chi connectivity index (χ3v) is 5.11. The van der Waals surface area contributed by atoms with Crippen LogP contribution >= 0.6 is 24.0 Å². The van der Waals surface area contributed by atoms with E-state index in [4.69, 9.17) is 22.1 Å². The van der Waals surface area contributed by atoms with Gasteiger partial charge in [0.2, 0.25) is 11.8 Å². The molecule has 2 heterocycles. The molecule has 0 spiro atoms. The van der Waals surface area contributed by atoms with Gasteiger partial charge in [0.1, 0.15) is 6.04 Å². The molecule has 2 amide bonds. The Hall–Kier alpha value is -1.34. The summed E-state index contributed by atoms with van der Waals surface area (Å²) in [5.41, 5.74) is 7.63. The summed E-state index contributed by atoms with van der Waals surface area (Å²) in [4.78, 5) is 26.4. The molecule has 0 aliphatic carbocycles. The molecule has 2 aliphatic heterocycles. The van der Waals surface area contributed by atoms with Gasteiger partial charge < -0.3 is 20.7 Å². The molecule has 0 radical (unpaired) electrons. The van der Waals surface area contributed by atoms with Gasteiger partial charge in [-0.25, -0.2) is 0 Å². The fraction of sp³-hybridized carbons (Fsp3) is 0.529. The SMILES string of the molecule is COCC(N)C(=O)N1CCC(C2C(=O)Nc3cc(Cl)ccc32)CC1.Cl. The first-order chi connectivity index (χ1) is 11.5. The summed E-state index contributed by atoms with van der Waals surface area (Å²) >= 11 is 6.00. The Morgan fingerprint density at radius 2 is 2.12 bits per heavy atom. The maximum absolute atomic E-state index is 12.4. The number of piperidine rings is 1. The van der Waals surface area contributed by atoms with E-state index in [1.807, 2.05) is 12.1 Å². The molecule has 2 unspecified atom stereocenters. The van der Waals surface area contributed by atoms with E-state index in [2.05, 4.69) is 5.32 Å². The maximum Gasteiger partial charge on any atom is 0.241 e. The second kappa shape index (κ2) is 8.36. The van der Waals surface area contributed by atoms with E-state index in [0.717, 1.165) is 24.1 Å². The molecule has 1 aromatic rings. The molecule has 3 rings (SSSR count). The zero-order chi connectivity index (χ0) is 17.3. The van der Waals surface area contributed by atoms with Crippen LogP contribution in [0, 0.1) is 5.92 Å². The van der Waals surface area contributed by atoms with E-state index in [1.165, 1.54) is 7.11 Å². The molecule has 2 atom stereocenters. The van der Waals surface area contributed by atoms with Gasteiger partial charge in [-0.15, -0.1) is 12.4 Å². The Morgan fingerprint density at radius 3 is 2.76 bits per heavy atom. The molecule has 1 saturated heterocycles. The van der Waals surface area contributed by atoms with E-state index < -0.39 is 6.04 Å². The zero-order valence-corrected chi connectivity index (χ0v) is 15.6. The van der Waals surface area contributed by atoms with Crippen molar-refractivity contribution >= 4 is 41.5 Å². The van der Waals surface area contributed by atoms with Crippen molar-refractivity contribution in [3.05, 3.63) is 28.8 Å². The van der Waals surface area contributed by atoms with Gasteiger partial charge in [0.15, 0.2) is 0 Å². The van der Waals surface area contributed by atoms with Crippen LogP contribution in [0.4, 0.5) is 5.69 Å². The summed E-state index contributed by atoms with van der Waals surface area (Å²) in [6.45, 7) is 1.46. The number of halogens is 2. The van der Waals surface area contributed by atoms with Crippen molar-refractivity contribution in [3.8, 4) is 0 Å². The van der Waals surface area contributed by atoms with Crippen LogP contribution in [0.15, 0.2) is 18.2 Å². The molecule has 0 aromatic heterocycles. The Balaban J connectivity index is 0.00000225. The van der Waals surface area contributed by atoms with Crippen molar-refractivity contribution < 1.29 is 14.3 Å². The van der Waals surface area contributed by atoms with Gasteiger partial charge in [0.25, 0.3) is 0 Å². The smallest absolute Gasteiger partial charge is 0.241 e. The number of hydrogen-bond acceptors (Lipinski definition) is 4. The second-order valence-corrected chi connectivity index (χ2v) is 6.86. The summed E-state index contributed by atoms with van der Waals surface area (Å²) in [6.07, 6.45) is 1.57. The monoisotopic (exact) mass is 387 g/mol. The van der Waals surface area contributed by atoms with E-state index in [-0.39, 0.29) is 42.7 Å². The molecule has 1 fully saturated rings. The van der Waals surface area contributed by atoms with Crippen molar-refractivity contribution in [3.63, 3.8) is 0 Å². The lowest BCUT2D eigenvalue weighted by Gasteiger charge is -2.35. The number of methoxy groups -OCH3 is 1. The fourth-order valence-corrected chi connectivity index (χ4v) is 3.84. The lowest BCUT2D eigenvalue weighted by atomic mass is 9.80. The van der Waals surface area contributed by atoms with Gasteiger partial charge in [-0.1, -0.05) is 17.7 Å². The number of fused-ring (bicyclic) bond motifs is 1. The van der Waals surface area contributed by atoms with Crippen LogP contribution in [-0.4, -0.2) is 49.6 Å². The van der Waals surface area contributed by atoms with Gasteiger partial charge >= 0.3 is 0 Å². The molecular formula is C17H23Cl2N3O3. The number of benzene rings is 1. The highest BCUT2D eigenvalue weighted by molar-refractivity contribution is 6.31. The molecule has 0 saturated carbocycles. The van der Waals surface area contributed by atoms with Crippen molar-refractivity contribution in [2.24, 2.45) is 11.7 Å². The molecular weight excluding hydrogens is 365 g/mol. The van der Waals surface area contributed by atoms with Crippen LogP contribution < -0.4 is 11.1 Å². The largest absolute Gasteiger partial charge is 0.383 e.